The van der Waals surface area contributed by atoms with Gasteiger partial charge >= 0.3 is 0 Å². The van der Waals surface area contributed by atoms with Crippen LogP contribution < -0.4 is 4.74 Å². The van der Waals surface area contributed by atoms with Gasteiger partial charge in [-0.2, -0.15) is 0 Å². The van der Waals surface area contributed by atoms with Crippen molar-refractivity contribution in [1.82, 2.24) is 0 Å². The summed E-state index contributed by atoms with van der Waals surface area (Å²) in [6.07, 6.45) is 2.56. The number of thioether (sulfide) groups is 1. The van der Waals surface area contributed by atoms with E-state index in [0.717, 1.165) is 0 Å². The number of hydrogen-bond acceptors (Lipinski definition) is 3. The fourth-order valence-electron chi connectivity index (χ4n) is 0.917. The van der Waals surface area contributed by atoms with E-state index in [1.54, 1.807) is 6.07 Å². The van der Waals surface area contributed by atoms with E-state index >= 15 is 0 Å². The number of benzene rings is 1. The molecule has 0 spiro atoms. The van der Waals surface area contributed by atoms with E-state index < -0.39 is 0 Å². The normalized spacial score (nSPS) is 9.93. The molecule has 1 aromatic rings. The molecule has 0 N–H and O–H groups in total. The molecule has 1 rings (SSSR count). The van der Waals surface area contributed by atoms with Gasteiger partial charge in [-0.3, -0.25) is 4.79 Å². The lowest BCUT2D eigenvalue weighted by molar-refractivity contribution is 0.112. The van der Waals surface area contributed by atoms with Crippen LogP contribution in [-0.4, -0.2) is 18.5 Å². The second-order valence-electron chi connectivity index (χ2n) is 2.47. The van der Waals surface area contributed by atoms with Crippen LogP contribution in [0.5, 0.6) is 5.75 Å². The molecule has 0 aliphatic rings. The zero-order chi connectivity index (χ0) is 10.6. The summed E-state index contributed by atoms with van der Waals surface area (Å²) in [4.78, 5) is 10.7. The van der Waals surface area contributed by atoms with Gasteiger partial charge in [0.05, 0.1) is 10.6 Å². The first-order valence-corrected chi connectivity index (χ1v) is 5.90. The molecule has 0 fully saturated rings. The highest BCUT2D eigenvalue weighted by Crippen LogP contribution is 2.29. The smallest absolute Gasteiger partial charge is 0.155 e. The van der Waals surface area contributed by atoms with E-state index in [1.807, 2.05) is 6.26 Å². The molecule has 0 aliphatic heterocycles. The Morgan fingerprint density at radius 1 is 1.50 bits per heavy atom. The second-order valence-corrected chi connectivity index (χ2v) is 4.12. The predicted octanol–water partition coefficient (Wildman–Crippen LogP) is 3.51. The van der Waals surface area contributed by atoms with Gasteiger partial charge in [0.1, 0.15) is 11.7 Å². The summed E-state index contributed by atoms with van der Waals surface area (Å²) in [5.74, 6) is 0.879. The van der Waals surface area contributed by atoms with E-state index in [0.29, 0.717) is 33.6 Å². The van der Waals surface area contributed by atoms with E-state index in [9.17, 15) is 4.79 Å². The molecule has 0 heterocycles. The Morgan fingerprint density at radius 3 is 2.79 bits per heavy atom. The molecule has 0 radical (unpaired) electrons. The van der Waals surface area contributed by atoms with Crippen LogP contribution in [0, 0.1) is 0 Å². The van der Waals surface area contributed by atoms with Crippen molar-refractivity contribution in [2.45, 2.75) is 0 Å². The van der Waals surface area contributed by atoms with E-state index in [2.05, 4.69) is 0 Å². The zero-order valence-electron chi connectivity index (χ0n) is 7.42. The Bertz CT molecular complexity index is 342. The maximum absolute atomic E-state index is 10.7. The second kappa shape index (κ2) is 5.49. The Hall–Kier alpha value is -0.380. The minimum Gasteiger partial charge on any atom is -0.482 e. The standard InChI is InChI=1S/C9H8Cl2O2S/c1-14-5-13-9-3-6(10)2-8(11)7(9)4-12/h2-4H,5H2,1H3. The molecule has 76 valence electrons. The number of aldehydes is 1. The topological polar surface area (TPSA) is 26.3 Å². The molecular formula is C9H8Cl2O2S. The molecule has 0 aromatic heterocycles. The number of rotatable bonds is 4. The molecule has 0 aliphatic carbocycles. The third-order valence-corrected chi connectivity index (χ3v) is 2.39. The van der Waals surface area contributed by atoms with E-state index in [1.165, 1.54) is 17.8 Å². The van der Waals surface area contributed by atoms with E-state index in [4.69, 9.17) is 27.9 Å². The number of halogens is 2. The van der Waals surface area contributed by atoms with Crippen molar-refractivity contribution in [2.75, 3.05) is 12.2 Å². The Kier molecular flexibility index (Phi) is 4.58. The van der Waals surface area contributed by atoms with Gasteiger partial charge in [-0.25, -0.2) is 0 Å². The molecular weight excluding hydrogens is 243 g/mol. The highest BCUT2D eigenvalue weighted by molar-refractivity contribution is 7.98. The van der Waals surface area contributed by atoms with Crippen molar-refractivity contribution in [3.05, 3.63) is 27.7 Å². The number of carbonyl (C=O) groups excluding carboxylic acids is 1. The van der Waals surface area contributed by atoms with Crippen LogP contribution in [0.25, 0.3) is 0 Å². The molecule has 0 unspecified atom stereocenters. The molecule has 14 heavy (non-hydrogen) atoms. The van der Waals surface area contributed by atoms with Gasteiger partial charge in [-0.1, -0.05) is 23.2 Å². The predicted molar refractivity (Wildman–Crippen MR) is 60.9 cm³/mol. The first kappa shape index (κ1) is 11.7. The van der Waals surface area contributed by atoms with Crippen molar-refractivity contribution in [2.24, 2.45) is 0 Å². The number of ether oxygens (including phenoxy) is 1. The lowest BCUT2D eigenvalue weighted by atomic mass is 10.2. The largest absolute Gasteiger partial charge is 0.482 e. The van der Waals surface area contributed by atoms with Gasteiger partial charge in [0, 0.05) is 5.02 Å². The summed E-state index contributed by atoms with van der Waals surface area (Å²) >= 11 is 13.1. The lowest BCUT2D eigenvalue weighted by Gasteiger charge is -2.08. The van der Waals surface area contributed by atoms with Crippen molar-refractivity contribution in [1.29, 1.82) is 0 Å². The first-order valence-electron chi connectivity index (χ1n) is 3.75. The van der Waals surface area contributed by atoms with Crippen LogP contribution in [0.4, 0.5) is 0 Å². The van der Waals surface area contributed by atoms with Crippen molar-refractivity contribution in [3.63, 3.8) is 0 Å². The molecule has 0 amide bonds. The van der Waals surface area contributed by atoms with Gasteiger partial charge in [0.15, 0.2) is 6.29 Å². The summed E-state index contributed by atoms with van der Waals surface area (Å²) in [5.41, 5.74) is 0.338. The summed E-state index contributed by atoms with van der Waals surface area (Å²) in [7, 11) is 0. The highest BCUT2D eigenvalue weighted by atomic mass is 35.5. The Labute approximate surface area is 96.5 Å². The van der Waals surface area contributed by atoms with Crippen molar-refractivity contribution >= 4 is 41.2 Å². The average Bonchev–Trinajstić information content (AvgIpc) is 2.14. The summed E-state index contributed by atoms with van der Waals surface area (Å²) in [5, 5.41) is 0.764. The Morgan fingerprint density at radius 2 is 2.21 bits per heavy atom. The van der Waals surface area contributed by atoms with Gasteiger partial charge in [-0.15, -0.1) is 11.8 Å². The first-order chi connectivity index (χ1) is 6.69. The van der Waals surface area contributed by atoms with Crippen molar-refractivity contribution < 1.29 is 9.53 Å². The molecule has 1 aromatic carbocycles. The summed E-state index contributed by atoms with van der Waals surface area (Å²) < 4.78 is 5.30. The fourth-order valence-corrected chi connectivity index (χ4v) is 1.68. The van der Waals surface area contributed by atoms with Crippen LogP contribution in [0.3, 0.4) is 0 Å². The zero-order valence-corrected chi connectivity index (χ0v) is 9.75. The summed E-state index contributed by atoms with van der Waals surface area (Å²) in [6, 6.07) is 3.09. The molecule has 5 heteroatoms. The van der Waals surface area contributed by atoms with Crippen LogP contribution in [-0.2, 0) is 0 Å². The van der Waals surface area contributed by atoms with Crippen LogP contribution >= 0.6 is 35.0 Å². The third-order valence-electron chi connectivity index (χ3n) is 1.51. The lowest BCUT2D eigenvalue weighted by Crippen LogP contribution is -1.96. The minimum atomic E-state index is 0.309. The summed E-state index contributed by atoms with van der Waals surface area (Å²) in [6.45, 7) is 0. The molecule has 0 atom stereocenters. The minimum absolute atomic E-state index is 0.309. The van der Waals surface area contributed by atoms with Gasteiger partial charge in [0.2, 0.25) is 0 Å². The quantitative estimate of drug-likeness (QED) is 0.605. The molecule has 2 nitrogen and oxygen atoms in total. The SMILES string of the molecule is CSCOc1cc(Cl)cc(Cl)c1C=O. The maximum Gasteiger partial charge on any atom is 0.155 e. The molecule has 0 saturated heterocycles. The van der Waals surface area contributed by atoms with Crippen LogP contribution in [0.1, 0.15) is 10.4 Å². The molecule has 0 bridgehead atoms. The molecule has 0 saturated carbocycles. The monoisotopic (exact) mass is 250 g/mol. The van der Waals surface area contributed by atoms with Crippen LogP contribution in [0.15, 0.2) is 12.1 Å². The van der Waals surface area contributed by atoms with Gasteiger partial charge < -0.3 is 4.74 Å². The maximum atomic E-state index is 10.7. The average molecular weight is 251 g/mol. The number of carbonyl (C=O) groups is 1. The Balaban J connectivity index is 3.05. The fraction of sp³-hybridized carbons (Fsp3) is 0.222. The highest BCUT2D eigenvalue weighted by Gasteiger charge is 2.09. The van der Waals surface area contributed by atoms with Gasteiger partial charge in [-0.05, 0) is 18.4 Å². The van der Waals surface area contributed by atoms with E-state index in [-0.39, 0.29) is 0 Å². The number of hydrogen-bond donors (Lipinski definition) is 0. The third kappa shape index (κ3) is 2.80. The van der Waals surface area contributed by atoms with Gasteiger partial charge in [0.25, 0.3) is 0 Å². The van der Waals surface area contributed by atoms with Crippen molar-refractivity contribution in [3.8, 4) is 5.75 Å². The van der Waals surface area contributed by atoms with Crippen LogP contribution in [0.2, 0.25) is 10.0 Å².